The molecule has 2 unspecified atom stereocenters. The van der Waals surface area contributed by atoms with Crippen molar-refractivity contribution in [3.8, 4) is 0 Å². The predicted molar refractivity (Wildman–Crippen MR) is 72.6 cm³/mol. The first-order chi connectivity index (χ1) is 9.58. The summed E-state index contributed by atoms with van der Waals surface area (Å²) in [5.74, 6) is -0.908. The number of nitrogens with one attached hydrogen (secondary N) is 1. The lowest BCUT2D eigenvalue weighted by molar-refractivity contribution is -0.139. The van der Waals surface area contributed by atoms with E-state index in [0.717, 1.165) is 19.4 Å². The van der Waals surface area contributed by atoms with Gasteiger partial charge in [-0.25, -0.2) is 4.79 Å². The van der Waals surface area contributed by atoms with Crippen molar-refractivity contribution in [3.63, 3.8) is 0 Å². The van der Waals surface area contributed by atoms with E-state index in [1.54, 1.807) is 4.90 Å². The normalized spacial score (nSPS) is 27.6. The van der Waals surface area contributed by atoms with Crippen LogP contribution >= 0.6 is 0 Å². The van der Waals surface area contributed by atoms with E-state index in [0.29, 0.717) is 32.3 Å². The summed E-state index contributed by atoms with van der Waals surface area (Å²) < 4.78 is 5.27. The Balaban J connectivity index is 1.84. The van der Waals surface area contributed by atoms with Crippen LogP contribution in [-0.2, 0) is 9.53 Å². The van der Waals surface area contributed by atoms with Gasteiger partial charge in [0, 0.05) is 19.1 Å². The first-order valence-corrected chi connectivity index (χ1v) is 7.12. The highest BCUT2D eigenvalue weighted by Crippen LogP contribution is 2.14. The molecule has 2 N–H and O–H groups in total. The van der Waals surface area contributed by atoms with Crippen LogP contribution in [0.25, 0.3) is 0 Å². The molecule has 0 bridgehead atoms. The summed E-state index contributed by atoms with van der Waals surface area (Å²) in [7, 11) is 2.06. The Morgan fingerprint density at radius 3 is 2.80 bits per heavy atom. The zero-order chi connectivity index (χ0) is 14.5. The van der Waals surface area contributed by atoms with Crippen LogP contribution in [0, 0.1) is 0 Å². The van der Waals surface area contributed by atoms with E-state index in [1.807, 2.05) is 0 Å². The molecule has 0 spiro atoms. The summed E-state index contributed by atoms with van der Waals surface area (Å²) in [6, 6.07) is -0.166. The third-order valence-electron chi connectivity index (χ3n) is 4.06. The van der Waals surface area contributed by atoms with Gasteiger partial charge in [0.25, 0.3) is 0 Å². The number of hydrogen-bond acceptors (Lipinski definition) is 4. The van der Waals surface area contributed by atoms with E-state index < -0.39 is 5.97 Å². The van der Waals surface area contributed by atoms with E-state index in [2.05, 4.69) is 17.3 Å². The molecule has 2 fully saturated rings. The van der Waals surface area contributed by atoms with E-state index in [1.165, 1.54) is 0 Å². The standard InChI is InChI=1S/C13H23N3O4/c1-15-4-2-3-10(15)8-14-13(19)16-5-6-20-9-11(16)7-12(17)18/h10-11H,2-9H2,1H3,(H,14,19)(H,17,18). The molecule has 2 aliphatic rings. The topological polar surface area (TPSA) is 82.1 Å². The molecule has 114 valence electrons. The minimum Gasteiger partial charge on any atom is -0.481 e. The molecule has 0 aromatic heterocycles. The summed E-state index contributed by atoms with van der Waals surface area (Å²) in [4.78, 5) is 26.9. The van der Waals surface area contributed by atoms with Crippen LogP contribution in [0.4, 0.5) is 4.79 Å². The van der Waals surface area contributed by atoms with E-state index in [9.17, 15) is 9.59 Å². The largest absolute Gasteiger partial charge is 0.481 e. The maximum atomic E-state index is 12.2. The van der Waals surface area contributed by atoms with Crippen molar-refractivity contribution in [1.29, 1.82) is 0 Å². The van der Waals surface area contributed by atoms with Crippen LogP contribution in [0.2, 0.25) is 0 Å². The number of likely N-dealkylation sites (tertiary alicyclic amines) is 1. The first kappa shape index (κ1) is 15.1. The maximum Gasteiger partial charge on any atom is 0.317 e. The quantitative estimate of drug-likeness (QED) is 0.758. The van der Waals surface area contributed by atoms with Gasteiger partial charge in [0.15, 0.2) is 0 Å². The molecule has 0 aromatic rings. The van der Waals surface area contributed by atoms with Crippen LogP contribution < -0.4 is 5.32 Å². The molecule has 20 heavy (non-hydrogen) atoms. The fraction of sp³-hybridized carbons (Fsp3) is 0.846. The number of likely N-dealkylation sites (N-methyl/N-ethyl adjacent to an activating group) is 1. The lowest BCUT2D eigenvalue weighted by atomic mass is 10.1. The van der Waals surface area contributed by atoms with Gasteiger partial charge < -0.3 is 25.0 Å². The van der Waals surface area contributed by atoms with Crippen LogP contribution in [-0.4, -0.2) is 78.9 Å². The van der Waals surface area contributed by atoms with Gasteiger partial charge in [0.2, 0.25) is 0 Å². The number of amides is 2. The number of rotatable bonds is 4. The zero-order valence-corrected chi connectivity index (χ0v) is 11.9. The summed E-state index contributed by atoms with van der Waals surface area (Å²) in [5, 5.41) is 11.8. The van der Waals surface area contributed by atoms with Crippen molar-refractivity contribution >= 4 is 12.0 Å². The number of carboxylic acid groups (broad SMARTS) is 1. The lowest BCUT2D eigenvalue weighted by Crippen LogP contribution is -2.54. The predicted octanol–water partition coefficient (Wildman–Crippen LogP) is -0.0343. The van der Waals surface area contributed by atoms with Crippen LogP contribution in [0.3, 0.4) is 0 Å². The van der Waals surface area contributed by atoms with Gasteiger partial charge >= 0.3 is 12.0 Å². The van der Waals surface area contributed by atoms with Gasteiger partial charge in [-0.1, -0.05) is 0 Å². The highest BCUT2D eigenvalue weighted by molar-refractivity contribution is 5.76. The summed E-state index contributed by atoms with van der Waals surface area (Å²) in [6.07, 6.45) is 2.19. The molecular weight excluding hydrogens is 262 g/mol. The Morgan fingerprint density at radius 1 is 1.35 bits per heavy atom. The van der Waals surface area contributed by atoms with Gasteiger partial charge in [-0.2, -0.15) is 0 Å². The number of urea groups is 1. The summed E-state index contributed by atoms with van der Waals surface area (Å²) in [6.45, 7) is 2.90. The second-order valence-electron chi connectivity index (χ2n) is 5.48. The van der Waals surface area contributed by atoms with Gasteiger partial charge in [-0.15, -0.1) is 0 Å². The Hall–Kier alpha value is -1.34. The third kappa shape index (κ3) is 3.83. The van der Waals surface area contributed by atoms with E-state index >= 15 is 0 Å². The number of carbonyl (C=O) groups is 2. The van der Waals surface area contributed by atoms with Crippen molar-refractivity contribution in [2.24, 2.45) is 0 Å². The molecule has 2 rings (SSSR count). The summed E-state index contributed by atoms with van der Waals surface area (Å²) in [5.41, 5.74) is 0. The molecular formula is C13H23N3O4. The smallest absolute Gasteiger partial charge is 0.317 e. The zero-order valence-electron chi connectivity index (χ0n) is 11.9. The van der Waals surface area contributed by atoms with Crippen LogP contribution in [0.5, 0.6) is 0 Å². The Morgan fingerprint density at radius 2 is 2.15 bits per heavy atom. The van der Waals surface area contributed by atoms with Crippen molar-refractivity contribution in [2.45, 2.75) is 31.3 Å². The summed E-state index contributed by atoms with van der Waals surface area (Å²) >= 11 is 0. The molecule has 0 saturated carbocycles. The van der Waals surface area contributed by atoms with Gasteiger partial charge in [0.1, 0.15) is 0 Å². The fourth-order valence-electron chi connectivity index (χ4n) is 2.84. The maximum absolute atomic E-state index is 12.2. The second-order valence-corrected chi connectivity index (χ2v) is 5.48. The number of nitrogens with zero attached hydrogens (tertiary/aromatic N) is 2. The average Bonchev–Trinajstić information content (AvgIpc) is 2.81. The molecule has 2 saturated heterocycles. The van der Waals surface area contributed by atoms with E-state index in [-0.39, 0.29) is 18.5 Å². The van der Waals surface area contributed by atoms with Crippen molar-refractivity contribution in [1.82, 2.24) is 15.1 Å². The molecule has 2 aliphatic heterocycles. The molecule has 2 amide bonds. The number of aliphatic carboxylic acids is 1. The number of carbonyl (C=O) groups excluding carboxylic acids is 1. The molecule has 2 heterocycles. The Kier molecular flexibility index (Phi) is 5.19. The SMILES string of the molecule is CN1CCCC1CNC(=O)N1CCOCC1CC(=O)O. The molecule has 0 aromatic carbocycles. The average molecular weight is 285 g/mol. The van der Waals surface area contributed by atoms with Crippen LogP contribution in [0.1, 0.15) is 19.3 Å². The highest BCUT2D eigenvalue weighted by atomic mass is 16.5. The number of morpholine rings is 1. The monoisotopic (exact) mass is 285 g/mol. The molecule has 2 atom stereocenters. The third-order valence-corrected chi connectivity index (χ3v) is 4.06. The minimum absolute atomic E-state index is 0.0727. The highest BCUT2D eigenvalue weighted by Gasteiger charge is 2.30. The van der Waals surface area contributed by atoms with Crippen LogP contribution in [0.15, 0.2) is 0 Å². The minimum atomic E-state index is -0.908. The molecule has 0 radical (unpaired) electrons. The van der Waals surface area contributed by atoms with E-state index in [4.69, 9.17) is 9.84 Å². The second kappa shape index (κ2) is 6.90. The lowest BCUT2D eigenvalue weighted by Gasteiger charge is -2.35. The van der Waals surface area contributed by atoms with Gasteiger partial charge in [-0.05, 0) is 26.4 Å². The van der Waals surface area contributed by atoms with Crippen molar-refractivity contribution < 1.29 is 19.4 Å². The Labute approximate surface area is 118 Å². The van der Waals surface area contributed by atoms with Crippen molar-refractivity contribution in [2.75, 3.05) is 39.9 Å². The van der Waals surface area contributed by atoms with Gasteiger partial charge in [-0.3, -0.25) is 4.79 Å². The first-order valence-electron chi connectivity index (χ1n) is 7.12. The molecule has 0 aliphatic carbocycles. The van der Waals surface area contributed by atoms with Gasteiger partial charge in [0.05, 0.1) is 25.7 Å². The number of hydrogen-bond donors (Lipinski definition) is 2. The van der Waals surface area contributed by atoms with Crippen molar-refractivity contribution in [3.05, 3.63) is 0 Å². The molecule has 7 heteroatoms. The Bertz CT molecular complexity index is 364. The molecule has 7 nitrogen and oxygen atoms in total. The number of ether oxygens (including phenoxy) is 1. The number of carboxylic acids is 1. The fourth-order valence-corrected chi connectivity index (χ4v) is 2.84.